The summed E-state index contributed by atoms with van der Waals surface area (Å²) in [6.07, 6.45) is -0.847. The van der Waals surface area contributed by atoms with Crippen molar-refractivity contribution < 1.29 is 38.4 Å². The number of phenolic OH excluding ortho intramolecular Hbond substituents is 1. The van der Waals surface area contributed by atoms with Crippen molar-refractivity contribution in [3.8, 4) is 5.75 Å². The highest BCUT2D eigenvalue weighted by Gasteiger charge is 2.18. The standard InChI is InChI=1S/C20H24O8/c1-13(2)18(22)27-12-17(28-19(23)14(3)4)11-25-9-10-26-20(24)15-5-7-16(21)8-6-15/h5-8,17,21H,1,3,9-12H2,2,4H3. The number of benzene rings is 1. The van der Waals surface area contributed by atoms with Gasteiger partial charge in [0, 0.05) is 11.1 Å². The molecule has 0 saturated carbocycles. The number of carbonyl (C=O) groups is 3. The maximum Gasteiger partial charge on any atom is 0.338 e. The van der Waals surface area contributed by atoms with Crippen LogP contribution in [0.4, 0.5) is 0 Å². The van der Waals surface area contributed by atoms with E-state index < -0.39 is 24.0 Å². The van der Waals surface area contributed by atoms with Crippen LogP contribution in [0.5, 0.6) is 5.75 Å². The summed E-state index contributed by atoms with van der Waals surface area (Å²) < 4.78 is 20.5. The van der Waals surface area contributed by atoms with Crippen molar-refractivity contribution in [2.24, 2.45) is 0 Å². The zero-order valence-electron chi connectivity index (χ0n) is 15.9. The van der Waals surface area contributed by atoms with E-state index in [2.05, 4.69) is 13.2 Å². The summed E-state index contributed by atoms with van der Waals surface area (Å²) in [5, 5.41) is 9.19. The van der Waals surface area contributed by atoms with Gasteiger partial charge < -0.3 is 24.1 Å². The van der Waals surface area contributed by atoms with Gasteiger partial charge in [0.2, 0.25) is 0 Å². The third-order valence-electron chi connectivity index (χ3n) is 3.24. The molecule has 0 radical (unpaired) electrons. The number of ether oxygens (including phenoxy) is 4. The molecule has 1 atom stereocenters. The van der Waals surface area contributed by atoms with E-state index in [1.807, 2.05) is 0 Å². The fourth-order valence-corrected chi connectivity index (χ4v) is 1.75. The number of esters is 3. The second kappa shape index (κ2) is 11.6. The molecular weight excluding hydrogens is 368 g/mol. The Morgan fingerprint density at radius 1 is 0.929 bits per heavy atom. The second-order valence-electron chi connectivity index (χ2n) is 5.94. The summed E-state index contributed by atoms with van der Waals surface area (Å²) in [6.45, 7) is 9.66. The minimum absolute atomic E-state index is 0.0353. The van der Waals surface area contributed by atoms with E-state index >= 15 is 0 Å². The van der Waals surface area contributed by atoms with Crippen LogP contribution in [0.25, 0.3) is 0 Å². The lowest BCUT2D eigenvalue weighted by Gasteiger charge is -2.18. The van der Waals surface area contributed by atoms with Gasteiger partial charge in [0.15, 0.2) is 6.10 Å². The zero-order chi connectivity index (χ0) is 21.1. The molecular formula is C20H24O8. The third-order valence-corrected chi connectivity index (χ3v) is 3.24. The number of phenols is 1. The van der Waals surface area contributed by atoms with Gasteiger partial charge in [-0.3, -0.25) is 0 Å². The molecule has 0 aromatic heterocycles. The Kier molecular flexibility index (Phi) is 9.45. The first kappa shape index (κ1) is 22.9. The van der Waals surface area contributed by atoms with Crippen LogP contribution in [0.1, 0.15) is 24.2 Å². The van der Waals surface area contributed by atoms with E-state index in [0.717, 1.165) is 0 Å². The first-order chi connectivity index (χ1) is 13.2. The van der Waals surface area contributed by atoms with Crippen LogP contribution < -0.4 is 0 Å². The monoisotopic (exact) mass is 392 g/mol. The number of carbonyl (C=O) groups excluding carboxylic acids is 3. The smallest absolute Gasteiger partial charge is 0.338 e. The highest BCUT2D eigenvalue weighted by atomic mass is 16.6. The predicted octanol–water partition coefficient (Wildman–Crippen LogP) is 2.17. The lowest BCUT2D eigenvalue weighted by Crippen LogP contribution is -2.30. The van der Waals surface area contributed by atoms with Crippen LogP contribution >= 0.6 is 0 Å². The molecule has 0 aliphatic carbocycles. The van der Waals surface area contributed by atoms with E-state index in [-0.39, 0.29) is 48.9 Å². The van der Waals surface area contributed by atoms with Gasteiger partial charge in [0.1, 0.15) is 19.0 Å². The van der Waals surface area contributed by atoms with Crippen molar-refractivity contribution >= 4 is 17.9 Å². The maximum atomic E-state index is 11.8. The van der Waals surface area contributed by atoms with Crippen molar-refractivity contribution in [3.63, 3.8) is 0 Å². The van der Waals surface area contributed by atoms with Crippen molar-refractivity contribution in [1.82, 2.24) is 0 Å². The Balaban J connectivity index is 2.41. The Bertz CT molecular complexity index is 720. The molecule has 0 spiro atoms. The molecule has 1 unspecified atom stereocenters. The molecule has 1 N–H and O–H groups in total. The maximum absolute atomic E-state index is 11.8. The Labute approximate surface area is 163 Å². The average Bonchev–Trinajstić information content (AvgIpc) is 2.65. The van der Waals surface area contributed by atoms with Gasteiger partial charge in [-0.05, 0) is 38.1 Å². The predicted molar refractivity (Wildman–Crippen MR) is 99.7 cm³/mol. The molecule has 8 heteroatoms. The van der Waals surface area contributed by atoms with Gasteiger partial charge in [0.25, 0.3) is 0 Å². The molecule has 0 aliphatic heterocycles. The summed E-state index contributed by atoms with van der Waals surface area (Å²) in [4.78, 5) is 35.0. The van der Waals surface area contributed by atoms with Crippen molar-refractivity contribution in [1.29, 1.82) is 0 Å². The highest BCUT2D eigenvalue weighted by molar-refractivity contribution is 5.89. The quantitative estimate of drug-likeness (QED) is 0.264. The lowest BCUT2D eigenvalue weighted by molar-refractivity contribution is -0.157. The van der Waals surface area contributed by atoms with Crippen molar-refractivity contribution in [2.45, 2.75) is 20.0 Å². The van der Waals surface area contributed by atoms with Gasteiger partial charge >= 0.3 is 17.9 Å². The summed E-state index contributed by atoms with van der Waals surface area (Å²) in [5.41, 5.74) is 0.698. The molecule has 8 nitrogen and oxygen atoms in total. The van der Waals surface area contributed by atoms with Crippen LogP contribution in [-0.4, -0.2) is 55.5 Å². The fourth-order valence-electron chi connectivity index (χ4n) is 1.75. The molecule has 0 saturated heterocycles. The average molecular weight is 392 g/mol. The minimum Gasteiger partial charge on any atom is -0.508 e. The number of hydrogen-bond acceptors (Lipinski definition) is 8. The van der Waals surface area contributed by atoms with Crippen LogP contribution in [-0.2, 0) is 28.5 Å². The Hall–Kier alpha value is -3.13. The number of rotatable bonds is 11. The van der Waals surface area contributed by atoms with Gasteiger partial charge in [-0.1, -0.05) is 13.2 Å². The largest absolute Gasteiger partial charge is 0.508 e. The molecule has 0 aliphatic rings. The molecule has 0 amide bonds. The van der Waals surface area contributed by atoms with E-state index in [0.29, 0.717) is 0 Å². The van der Waals surface area contributed by atoms with Crippen molar-refractivity contribution in [2.75, 3.05) is 26.4 Å². The first-order valence-electron chi connectivity index (χ1n) is 8.43. The van der Waals surface area contributed by atoms with E-state index in [9.17, 15) is 19.5 Å². The molecule has 152 valence electrons. The number of aromatic hydroxyl groups is 1. The molecule has 0 fully saturated rings. The van der Waals surface area contributed by atoms with Gasteiger partial charge in [-0.2, -0.15) is 0 Å². The van der Waals surface area contributed by atoms with Crippen LogP contribution in [0.3, 0.4) is 0 Å². The molecule has 0 heterocycles. The fraction of sp³-hybridized carbons (Fsp3) is 0.350. The van der Waals surface area contributed by atoms with E-state index in [4.69, 9.17) is 18.9 Å². The van der Waals surface area contributed by atoms with Crippen LogP contribution in [0.15, 0.2) is 48.6 Å². The summed E-state index contributed by atoms with van der Waals surface area (Å²) >= 11 is 0. The topological polar surface area (TPSA) is 108 Å². The molecule has 1 aromatic rings. The van der Waals surface area contributed by atoms with Gasteiger partial charge in [0.05, 0.1) is 18.8 Å². The molecule has 28 heavy (non-hydrogen) atoms. The zero-order valence-corrected chi connectivity index (χ0v) is 15.9. The molecule has 1 aromatic carbocycles. The lowest BCUT2D eigenvalue weighted by atomic mass is 10.2. The van der Waals surface area contributed by atoms with Crippen LogP contribution in [0.2, 0.25) is 0 Å². The SMILES string of the molecule is C=C(C)C(=O)OCC(COCCOC(=O)c1ccc(O)cc1)OC(=O)C(=C)C. The summed E-state index contributed by atoms with van der Waals surface area (Å²) in [6, 6.07) is 5.61. The van der Waals surface area contributed by atoms with E-state index in [1.54, 1.807) is 0 Å². The summed E-state index contributed by atoms with van der Waals surface area (Å²) in [5.74, 6) is -1.77. The first-order valence-corrected chi connectivity index (χ1v) is 8.43. The van der Waals surface area contributed by atoms with E-state index in [1.165, 1.54) is 38.1 Å². The molecule has 1 rings (SSSR count). The number of hydrogen-bond donors (Lipinski definition) is 1. The third kappa shape index (κ3) is 8.50. The van der Waals surface area contributed by atoms with Gasteiger partial charge in [-0.15, -0.1) is 0 Å². The van der Waals surface area contributed by atoms with Crippen molar-refractivity contribution in [3.05, 3.63) is 54.1 Å². The minimum atomic E-state index is -0.847. The molecule has 0 bridgehead atoms. The van der Waals surface area contributed by atoms with Crippen LogP contribution in [0, 0.1) is 0 Å². The van der Waals surface area contributed by atoms with Gasteiger partial charge in [-0.25, -0.2) is 14.4 Å². The Morgan fingerprint density at radius 2 is 1.54 bits per heavy atom. The Morgan fingerprint density at radius 3 is 2.11 bits per heavy atom. The normalized spacial score (nSPS) is 11.2. The summed E-state index contributed by atoms with van der Waals surface area (Å²) in [7, 11) is 0. The second-order valence-corrected chi connectivity index (χ2v) is 5.94. The highest BCUT2D eigenvalue weighted by Crippen LogP contribution is 2.10.